The second kappa shape index (κ2) is 5.74. The van der Waals surface area contributed by atoms with E-state index < -0.39 is 0 Å². The number of hydrogen-bond donors (Lipinski definition) is 0. The van der Waals surface area contributed by atoms with Crippen LogP contribution in [0.2, 0.25) is 0 Å². The van der Waals surface area contributed by atoms with Crippen molar-refractivity contribution < 1.29 is 0 Å². The summed E-state index contributed by atoms with van der Waals surface area (Å²) in [7, 11) is 0. The Kier molecular flexibility index (Phi) is 4.28. The Hall–Kier alpha value is -1.91. The number of aromatic nitrogens is 1. The van der Waals surface area contributed by atoms with Gasteiger partial charge in [0, 0.05) is 18.3 Å². The number of nitriles is 2. The van der Waals surface area contributed by atoms with Crippen molar-refractivity contribution in [2.45, 2.75) is 13.5 Å². The topological polar surface area (TPSA) is 63.7 Å². The van der Waals surface area contributed by atoms with E-state index in [0.29, 0.717) is 18.8 Å². The van der Waals surface area contributed by atoms with Crippen LogP contribution in [0.3, 0.4) is 0 Å². The number of hydrogen-bond acceptors (Lipinski definition) is 4. The van der Waals surface area contributed by atoms with Crippen LogP contribution >= 0.6 is 0 Å². The molecule has 0 aliphatic rings. The third-order valence-corrected chi connectivity index (χ3v) is 2.13. The van der Waals surface area contributed by atoms with Gasteiger partial charge in [-0.1, -0.05) is 13.0 Å². The zero-order chi connectivity index (χ0) is 11.1. The van der Waals surface area contributed by atoms with Crippen LogP contribution in [0.5, 0.6) is 0 Å². The van der Waals surface area contributed by atoms with Crippen LogP contribution in [0.4, 0.5) is 0 Å². The van der Waals surface area contributed by atoms with Gasteiger partial charge in [0.05, 0.1) is 12.6 Å². The van der Waals surface area contributed by atoms with Crippen LogP contribution in [0.15, 0.2) is 18.3 Å². The predicted octanol–water partition coefficient (Wildman–Crippen LogP) is 1.30. The molecule has 0 fully saturated rings. The van der Waals surface area contributed by atoms with Gasteiger partial charge in [-0.3, -0.25) is 4.90 Å². The van der Waals surface area contributed by atoms with Crippen molar-refractivity contribution in [3.8, 4) is 12.1 Å². The summed E-state index contributed by atoms with van der Waals surface area (Å²) >= 11 is 0. The Bertz CT molecular complexity index is 400. The van der Waals surface area contributed by atoms with Crippen molar-refractivity contribution in [3.05, 3.63) is 29.6 Å². The molecule has 0 aliphatic heterocycles. The zero-order valence-corrected chi connectivity index (χ0v) is 8.64. The zero-order valence-electron chi connectivity index (χ0n) is 8.64. The highest BCUT2D eigenvalue weighted by atomic mass is 15.1. The molecule has 0 aliphatic carbocycles. The fraction of sp³-hybridized carbons (Fsp3) is 0.364. The molecule has 0 spiro atoms. The van der Waals surface area contributed by atoms with Gasteiger partial charge in [0.2, 0.25) is 0 Å². The van der Waals surface area contributed by atoms with E-state index in [1.165, 1.54) is 0 Å². The number of nitrogens with zero attached hydrogens (tertiary/aromatic N) is 4. The van der Waals surface area contributed by atoms with E-state index in [4.69, 9.17) is 10.5 Å². The van der Waals surface area contributed by atoms with Gasteiger partial charge >= 0.3 is 0 Å². The normalized spacial score (nSPS) is 9.60. The van der Waals surface area contributed by atoms with E-state index in [2.05, 4.69) is 11.1 Å². The van der Waals surface area contributed by atoms with E-state index in [9.17, 15) is 0 Å². The van der Waals surface area contributed by atoms with E-state index in [-0.39, 0.29) is 0 Å². The first-order chi connectivity index (χ1) is 7.31. The van der Waals surface area contributed by atoms with Crippen LogP contribution in [-0.4, -0.2) is 23.0 Å². The molecule has 76 valence electrons. The van der Waals surface area contributed by atoms with E-state index in [0.717, 1.165) is 12.1 Å². The molecule has 0 atom stereocenters. The molecule has 0 radical (unpaired) electrons. The molecule has 0 unspecified atom stereocenters. The molecule has 1 aromatic heterocycles. The van der Waals surface area contributed by atoms with Gasteiger partial charge in [0.25, 0.3) is 0 Å². The summed E-state index contributed by atoms with van der Waals surface area (Å²) < 4.78 is 0. The van der Waals surface area contributed by atoms with Gasteiger partial charge in [-0.2, -0.15) is 10.5 Å². The van der Waals surface area contributed by atoms with E-state index >= 15 is 0 Å². The number of rotatable bonds is 4. The van der Waals surface area contributed by atoms with Crippen molar-refractivity contribution in [3.63, 3.8) is 0 Å². The van der Waals surface area contributed by atoms with Crippen molar-refractivity contribution in [2.24, 2.45) is 0 Å². The molecule has 1 aromatic rings. The highest BCUT2D eigenvalue weighted by Gasteiger charge is 2.07. The molecule has 0 saturated carbocycles. The van der Waals surface area contributed by atoms with Crippen molar-refractivity contribution >= 4 is 0 Å². The molecule has 1 rings (SSSR count). The predicted molar refractivity (Wildman–Crippen MR) is 55.5 cm³/mol. The molecule has 4 nitrogen and oxygen atoms in total. The maximum atomic E-state index is 8.84. The van der Waals surface area contributed by atoms with Gasteiger partial charge < -0.3 is 0 Å². The summed E-state index contributed by atoms with van der Waals surface area (Å²) in [6, 6.07) is 7.81. The monoisotopic (exact) mass is 200 g/mol. The van der Waals surface area contributed by atoms with E-state index in [1.807, 2.05) is 24.0 Å². The smallest absolute Gasteiger partial charge is 0.144 e. The SMILES string of the molecule is CCN(CC#N)Cc1cccnc1C#N. The first-order valence-electron chi connectivity index (χ1n) is 4.75. The minimum Gasteiger partial charge on any atom is -0.286 e. The van der Waals surface area contributed by atoms with E-state index in [1.54, 1.807) is 12.3 Å². The lowest BCUT2D eigenvalue weighted by Gasteiger charge is -2.16. The van der Waals surface area contributed by atoms with Gasteiger partial charge in [0.1, 0.15) is 11.8 Å². The Balaban J connectivity index is 2.80. The minimum atomic E-state index is 0.371. The summed E-state index contributed by atoms with van der Waals surface area (Å²) in [5.41, 5.74) is 1.31. The van der Waals surface area contributed by atoms with Crippen LogP contribution in [-0.2, 0) is 6.54 Å². The second-order valence-electron chi connectivity index (χ2n) is 3.08. The molecular weight excluding hydrogens is 188 g/mol. The summed E-state index contributed by atoms with van der Waals surface area (Å²) in [4.78, 5) is 5.93. The Labute approximate surface area is 89.4 Å². The van der Waals surface area contributed by atoms with Gasteiger partial charge in [0.15, 0.2) is 0 Å². The Morgan fingerprint density at radius 3 is 2.87 bits per heavy atom. The highest BCUT2D eigenvalue weighted by Crippen LogP contribution is 2.07. The van der Waals surface area contributed by atoms with Crippen molar-refractivity contribution in [1.82, 2.24) is 9.88 Å². The number of pyridine rings is 1. The standard InChI is InChI=1S/C11H12N4/c1-2-15(7-5-12)9-10-4-3-6-14-11(10)8-13/h3-4,6H,2,7,9H2,1H3. The molecular formula is C11H12N4. The fourth-order valence-corrected chi connectivity index (χ4v) is 1.29. The minimum absolute atomic E-state index is 0.371. The molecule has 0 aromatic carbocycles. The maximum absolute atomic E-state index is 8.84. The second-order valence-corrected chi connectivity index (χ2v) is 3.08. The molecule has 0 bridgehead atoms. The molecule has 15 heavy (non-hydrogen) atoms. The largest absolute Gasteiger partial charge is 0.286 e. The highest BCUT2D eigenvalue weighted by molar-refractivity contribution is 5.30. The van der Waals surface area contributed by atoms with Crippen LogP contribution < -0.4 is 0 Å². The lowest BCUT2D eigenvalue weighted by Crippen LogP contribution is -2.23. The van der Waals surface area contributed by atoms with Gasteiger partial charge in [-0.05, 0) is 12.6 Å². The van der Waals surface area contributed by atoms with Crippen molar-refractivity contribution in [1.29, 1.82) is 10.5 Å². The Morgan fingerprint density at radius 1 is 1.47 bits per heavy atom. The van der Waals surface area contributed by atoms with Crippen molar-refractivity contribution in [2.75, 3.05) is 13.1 Å². The lowest BCUT2D eigenvalue weighted by atomic mass is 10.2. The average Bonchev–Trinajstić information content (AvgIpc) is 2.29. The summed E-state index contributed by atoms with van der Waals surface area (Å²) in [5, 5.41) is 17.4. The molecule has 1 heterocycles. The average molecular weight is 200 g/mol. The third-order valence-electron chi connectivity index (χ3n) is 2.13. The van der Waals surface area contributed by atoms with Gasteiger partial charge in [-0.25, -0.2) is 4.98 Å². The molecule has 0 saturated heterocycles. The maximum Gasteiger partial charge on any atom is 0.144 e. The fourth-order valence-electron chi connectivity index (χ4n) is 1.29. The third kappa shape index (κ3) is 3.05. The van der Waals surface area contributed by atoms with Crippen LogP contribution in [0, 0.1) is 22.7 Å². The molecule has 0 N–H and O–H groups in total. The summed E-state index contributed by atoms with van der Waals surface area (Å²) in [5.74, 6) is 0. The van der Waals surface area contributed by atoms with Gasteiger partial charge in [-0.15, -0.1) is 0 Å². The molecule has 0 amide bonds. The quantitative estimate of drug-likeness (QED) is 0.687. The molecule has 4 heteroatoms. The van der Waals surface area contributed by atoms with Crippen LogP contribution in [0.1, 0.15) is 18.2 Å². The Morgan fingerprint density at radius 2 is 2.27 bits per heavy atom. The summed E-state index contributed by atoms with van der Waals surface area (Å²) in [6.07, 6.45) is 1.60. The summed E-state index contributed by atoms with van der Waals surface area (Å²) in [6.45, 7) is 3.74. The first-order valence-corrected chi connectivity index (χ1v) is 4.75. The van der Waals surface area contributed by atoms with Crippen LogP contribution in [0.25, 0.3) is 0 Å². The lowest BCUT2D eigenvalue weighted by molar-refractivity contribution is 0.314. The first kappa shape index (κ1) is 11.2.